The number of aliphatic hydroxyl groups excluding tert-OH is 1. The van der Waals surface area contributed by atoms with Crippen LogP contribution < -0.4 is 0 Å². The number of carbonyl (C=O) groups is 1. The maximum Gasteiger partial charge on any atom is 0.316 e. The van der Waals surface area contributed by atoms with Crippen LogP contribution in [0.4, 0.5) is 0 Å². The zero-order valence-electron chi connectivity index (χ0n) is 3.38. The Morgan fingerprint density at radius 3 is 2.00 bits per heavy atom. The van der Waals surface area contributed by atoms with Crippen molar-refractivity contribution in [1.82, 2.24) is 0 Å². The molecule has 40 valence electrons. The molecule has 1 atom stereocenters. The number of hydrogen-bond donors (Lipinski definition) is 2. The SMILES string of the molecule is CC(O)C(=O)S.[MgH2]. The summed E-state index contributed by atoms with van der Waals surface area (Å²) < 4.78 is 0. The molecule has 2 nitrogen and oxygen atoms in total. The van der Waals surface area contributed by atoms with E-state index >= 15 is 0 Å². The molecule has 0 aromatic heterocycles. The molecule has 0 heterocycles. The van der Waals surface area contributed by atoms with Crippen molar-refractivity contribution in [2.45, 2.75) is 13.0 Å². The van der Waals surface area contributed by atoms with Crippen LogP contribution in [0.15, 0.2) is 0 Å². The first-order chi connectivity index (χ1) is 2.64. The molecule has 0 radical (unpaired) electrons. The van der Waals surface area contributed by atoms with Gasteiger partial charge in [-0.3, -0.25) is 4.79 Å². The summed E-state index contributed by atoms with van der Waals surface area (Å²) in [6.07, 6.45) is -0.923. The van der Waals surface area contributed by atoms with E-state index in [9.17, 15) is 4.79 Å². The lowest BCUT2D eigenvalue weighted by Gasteiger charge is -1.89. The van der Waals surface area contributed by atoms with Crippen molar-refractivity contribution in [3.63, 3.8) is 0 Å². The van der Waals surface area contributed by atoms with Gasteiger partial charge in [-0.1, -0.05) is 0 Å². The topological polar surface area (TPSA) is 37.3 Å². The maximum absolute atomic E-state index is 9.76. The summed E-state index contributed by atoms with van der Waals surface area (Å²) in [6, 6.07) is 0. The normalized spacial score (nSPS) is 11.9. The number of hydrogen-bond acceptors (Lipinski definition) is 2. The number of aliphatic hydroxyl groups is 1. The first-order valence-electron chi connectivity index (χ1n) is 1.55. The second kappa shape index (κ2) is 4.89. The van der Waals surface area contributed by atoms with Gasteiger partial charge < -0.3 is 5.11 Å². The first kappa shape index (κ1) is 10.7. The summed E-state index contributed by atoms with van der Waals surface area (Å²) in [4.78, 5) is 9.76. The Balaban J connectivity index is 0. The molecule has 0 aliphatic carbocycles. The van der Waals surface area contributed by atoms with E-state index in [2.05, 4.69) is 12.6 Å². The summed E-state index contributed by atoms with van der Waals surface area (Å²) in [6.45, 7) is 1.37. The maximum atomic E-state index is 9.76. The molecule has 1 N–H and O–H groups in total. The van der Waals surface area contributed by atoms with Gasteiger partial charge >= 0.3 is 23.1 Å². The number of thiol groups is 1. The Labute approximate surface area is 63.8 Å². The lowest BCUT2D eigenvalue weighted by Crippen LogP contribution is -2.07. The van der Waals surface area contributed by atoms with Gasteiger partial charge in [-0.2, -0.15) is 0 Å². The highest BCUT2D eigenvalue weighted by atomic mass is 32.1. The third-order valence-electron chi connectivity index (χ3n) is 0.357. The van der Waals surface area contributed by atoms with Crippen molar-refractivity contribution in [1.29, 1.82) is 0 Å². The van der Waals surface area contributed by atoms with Crippen LogP contribution in [0.25, 0.3) is 0 Å². The number of carbonyl (C=O) groups excluding carboxylic acids is 1. The van der Waals surface area contributed by atoms with Gasteiger partial charge in [-0.25, -0.2) is 0 Å². The fourth-order valence-electron chi connectivity index (χ4n) is 0. The van der Waals surface area contributed by atoms with Crippen LogP contribution in [-0.4, -0.2) is 39.4 Å². The Bertz CT molecular complexity index is 64.0. The Hall–Kier alpha value is 0.746. The van der Waals surface area contributed by atoms with Crippen LogP contribution in [0.5, 0.6) is 0 Å². The largest absolute Gasteiger partial charge is 0.385 e. The van der Waals surface area contributed by atoms with E-state index in [1.165, 1.54) is 6.92 Å². The molecule has 0 amide bonds. The molecular weight excluding hydrogens is 124 g/mol. The van der Waals surface area contributed by atoms with Gasteiger partial charge in [0.25, 0.3) is 0 Å². The van der Waals surface area contributed by atoms with Crippen LogP contribution in [0.3, 0.4) is 0 Å². The van der Waals surface area contributed by atoms with Crippen LogP contribution in [0.2, 0.25) is 0 Å². The van der Waals surface area contributed by atoms with Gasteiger partial charge in [0.2, 0.25) is 5.12 Å². The summed E-state index contributed by atoms with van der Waals surface area (Å²) in [7, 11) is 0. The van der Waals surface area contributed by atoms with Gasteiger partial charge in [0, 0.05) is 0 Å². The minimum absolute atomic E-state index is 0. The monoisotopic (exact) mass is 132 g/mol. The minimum Gasteiger partial charge on any atom is -0.385 e. The van der Waals surface area contributed by atoms with E-state index in [0.717, 1.165) is 0 Å². The summed E-state index contributed by atoms with van der Waals surface area (Å²) in [5.74, 6) is 0. The molecule has 0 saturated carbocycles. The predicted molar refractivity (Wildman–Crippen MR) is 34.2 cm³/mol. The standard InChI is InChI=1S/C3H6O2S.Mg.2H/c1-2(4)3(5)6;;;/h2,4H,1H3,(H,5,6);;;. The summed E-state index contributed by atoms with van der Waals surface area (Å²) >= 11 is 3.30. The lowest BCUT2D eigenvalue weighted by atomic mass is 10.5. The highest BCUT2D eigenvalue weighted by Crippen LogP contribution is 1.84. The molecular formula is C3H8MgO2S. The second-order valence-corrected chi connectivity index (χ2v) is 1.45. The van der Waals surface area contributed by atoms with Gasteiger partial charge in [0.15, 0.2) is 0 Å². The Morgan fingerprint density at radius 1 is 1.86 bits per heavy atom. The molecule has 0 saturated heterocycles. The second-order valence-electron chi connectivity index (χ2n) is 1.01. The molecule has 0 aliphatic rings. The smallest absolute Gasteiger partial charge is 0.316 e. The van der Waals surface area contributed by atoms with Gasteiger partial charge in [0.05, 0.1) is 0 Å². The molecule has 0 rings (SSSR count). The molecule has 0 aromatic rings. The van der Waals surface area contributed by atoms with E-state index in [1.54, 1.807) is 0 Å². The third-order valence-corrected chi connectivity index (χ3v) is 0.731. The molecule has 7 heavy (non-hydrogen) atoms. The van der Waals surface area contributed by atoms with E-state index in [0.29, 0.717) is 0 Å². The Morgan fingerprint density at radius 2 is 2.00 bits per heavy atom. The quantitative estimate of drug-likeness (QED) is 0.351. The van der Waals surface area contributed by atoms with E-state index < -0.39 is 11.2 Å². The fraction of sp³-hybridized carbons (Fsp3) is 0.667. The van der Waals surface area contributed by atoms with Crippen LogP contribution in [0.1, 0.15) is 6.92 Å². The van der Waals surface area contributed by atoms with Crippen molar-refractivity contribution < 1.29 is 9.90 Å². The highest BCUT2D eigenvalue weighted by molar-refractivity contribution is 7.96. The van der Waals surface area contributed by atoms with Crippen molar-refractivity contribution in [3.8, 4) is 0 Å². The van der Waals surface area contributed by atoms with Crippen molar-refractivity contribution >= 4 is 40.8 Å². The van der Waals surface area contributed by atoms with Gasteiger partial charge in [-0.15, -0.1) is 12.6 Å². The molecule has 0 aliphatic heterocycles. The average Bonchev–Trinajstić information content (AvgIpc) is 1.36. The summed E-state index contributed by atoms with van der Waals surface area (Å²) in [5.41, 5.74) is 0. The van der Waals surface area contributed by atoms with Gasteiger partial charge in [-0.05, 0) is 6.92 Å². The zero-order valence-corrected chi connectivity index (χ0v) is 4.27. The molecule has 0 bridgehead atoms. The lowest BCUT2D eigenvalue weighted by molar-refractivity contribution is -0.117. The highest BCUT2D eigenvalue weighted by Gasteiger charge is 1.98. The molecule has 0 spiro atoms. The van der Waals surface area contributed by atoms with Crippen molar-refractivity contribution in [2.24, 2.45) is 0 Å². The summed E-state index contributed by atoms with van der Waals surface area (Å²) in [5, 5.41) is 7.71. The fourth-order valence-corrected chi connectivity index (χ4v) is 0. The van der Waals surface area contributed by atoms with E-state index in [-0.39, 0.29) is 23.1 Å². The molecule has 1 unspecified atom stereocenters. The minimum atomic E-state index is -0.923. The van der Waals surface area contributed by atoms with Crippen LogP contribution in [-0.2, 0) is 4.79 Å². The van der Waals surface area contributed by atoms with Crippen LogP contribution >= 0.6 is 12.6 Å². The molecule has 4 heteroatoms. The Kier molecular flexibility index (Phi) is 7.47. The number of rotatable bonds is 1. The third kappa shape index (κ3) is 6.75. The average molecular weight is 132 g/mol. The van der Waals surface area contributed by atoms with E-state index in [4.69, 9.17) is 5.11 Å². The van der Waals surface area contributed by atoms with Gasteiger partial charge in [0.1, 0.15) is 6.10 Å². The molecule has 0 fully saturated rings. The van der Waals surface area contributed by atoms with Crippen LogP contribution in [0, 0.1) is 0 Å². The van der Waals surface area contributed by atoms with Crippen molar-refractivity contribution in [3.05, 3.63) is 0 Å². The van der Waals surface area contributed by atoms with Crippen molar-refractivity contribution in [2.75, 3.05) is 0 Å². The zero-order chi connectivity index (χ0) is 5.15. The molecule has 0 aromatic carbocycles. The predicted octanol–water partition coefficient (Wildman–Crippen LogP) is -1.09. The first-order valence-corrected chi connectivity index (χ1v) is 2.00. The van der Waals surface area contributed by atoms with E-state index in [1.807, 2.05) is 0 Å².